The van der Waals surface area contributed by atoms with Crippen molar-refractivity contribution in [3.05, 3.63) is 0 Å². The van der Waals surface area contributed by atoms with Crippen molar-refractivity contribution in [2.24, 2.45) is 0 Å². The van der Waals surface area contributed by atoms with E-state index >= 15 is 0 Å². The molecular weight excluding hydrogens is 271 g/mol. The van der Waals surface area contributed by atoms with Gasteiger partial charge in [-0.1, -0.05) is 0 Å². The Hall–Kier alpha value is -0.413. The summed E-state index contributed by atoms with van der Waals surface area (Å²) in [7, 11) is -5.55. The maximum absolute atomic E-state index is 12.6. The third-order valence-electron chi connectivity index (χ3n) is 1.60. The van der Waals surface area contributed by atoms with Gasteiger partial charge in [0.1, 0.15) is 20.0 Å². The van der Waals surface area contributed by atoms with Crippen molar-refractivity contribution in [1.82, 2.24) is 0 Å². The molecule has 0 rings (SSSR count). The molecule has 0 aromatic rings. The SMILES string of the molecule is FCC(F)(F)[Si](C(F)(F)CF)C(F)(F)CF. The zero-order chi connectivity index (χ0) is 13.2. The molecule has 0 nitrogen and oxygen atoms in total. The topological polar surface area (TPSA) is 0 Å². The van der Waals surface area contributed by atoms with Crippen molar-refractivity contribution in [1.29, 1.82) is 0 Å². The van der Waals surface area contributed by atoms with E-state index in [0.29, 0.717) is 0 Å². The van der Waals surface area contributed by atoms with E-state index in [1.807, 2.05) is 0 Å². The fourth-order valence-electron chi connectivity index (χ4n) is 1.00. The van der Waals surface area contributed by atoms with E-state index in [-0.39, 0.29) is 0 Å². The van der Waals surface area contributed by atoms with Gasteiger partial charge in [0, 0.05) is 0 Å². The second kappa shape index (κ2) is 4.84. The Bertz CT molecular complexity index is 190. The van der Waals surface area contributed by atoms with Crippen LogP contribution in [0.5, 0.6) is 0 Å². The molecule has 0 aliphatic rings. The predicted molar refractivity (Wildman–Crippen MR) is 38.5 cm³/mol. The van der Waals surface area contributed by atoms with Gasteiger partial charge in [0.05, 0.1) is 0 Å². The van der Waals surface area contributed by atoms with Crippen LogP contribution in [-0.4, -0.2) is 45.5 Å². The first-order valence-electron chi connectivity index (χ1n) is 3.75. The van der Waals surface area contributed by atoms with E-state index in [4.69, 9.17) is 0 Å². The van der Waals surface area contributed by atoms with Gasteiger partial charge in [-0.25, -0.2) is 39.5 Å². The summed E-state index contributed by atoms with van der Waals surface area (Å²) in [6.07, 6.45) is 0. The summed E-state index contributed by atoms with van der Waals surface area (Å²) in [6, 6.07) is 0. The standard InChI is InChI=1S/C6H6F9Si/c7-1-4(10,11)16(5(12,13)2-8)6(14,15)3-9/h1-3H2. The van der Waals surface area contributed by atoms with Crippen LogP contribution in [0.15, 0.2) is 0 Å². The molecule has 0 aliphatic carbocycles. The Kier molecular flexibility index (Phi) is 4.72. The Morgan fingerprint density at radius 3 is 0.875 bits per heavy atom. The molecule has 0 atom stereocenters. The fraction of sp³-hybridized carbons (Fsp3) is 1.00. The molecule has 0 aliphatic heterocycles. The maximum Gasteiger partial charge on any atom is 0.322 e. The smallest absolute Gasteiger partial charge is 0.245 e. The number of halogens is 9. The van der Waals surface area contributed by atoms with Crippen LogP contribution in [0.3, 0.4) is 0 Å². The van der Waals surface area contributed by atoms with Gasteiger partial charge in [0.25, 0.3) is 16.6 Å². The van der Waals surface area contributed by atoms with Gasteiger partial charge in [0.2, 0.25) is 0 Å². The number of hydrogen-bond donors (Lipinski definition) is 0. The van der Waals surface area contributed by atoms with Crippen molar-refractivity contribution < 1.29 is 39.5 Å². The summed E-state index contributed by atoms with van der Waals surface area (Å²) >= 11 is 0. The van der Waals surface area contributed by atoms with Crippen LogP contribution in [-0.2, 0) is 0 Å². The Labute approximate surface area is 86.0 Å². The molecule has 10 heteroatoms. The molecule has 97 valence electrons. The van der Waals surface area contributed by atoms with E-state index in [1.54, 1.807) is 0 Å². The van der Waals surface area contributed by atoms with Crippen LogP contribution in [0.2, 0.25) is 0 Å². The maximum atomic E-state index is 12.6. The van der Waals surface area contributed by atoms with Crippen molar-refractivity contribution in [3.8, 4) is 0 Å². The minimum atomic E-state index is -5.55. The predicted octanol–water partition coefficient (Wildman–Crippen LogP) is 2.91. The van der Waals surface area contributed by atoms with Crippen LogP contribution in [0.25, 0.3) is 0 Å². The monoisotopic (exact) mass is 277 g/mol. The summed E-state index contributed by atoms with van der Waals surface area (Å²) in [5, 5.41) is 0. The summed E-state index contributed by atoms with van der Waals surface area (Å²) in [6.45, 7) is -8.44. The molecule has 0 saturated heterocycles. The lowest BCUT2D eigenvalue weighted by Crippen LogP contribution is -2.65. The molecular formula is C6H6F9Si. The van der Waals surface area contributed by atoms with Crippen molar-refractivity contribution in [3.63, 3.8) is 0 Å². The molecule has 0 saturated carbocycles. The first-order valence-corrected chi connectivity index (χ1v) is 5.25. The summed E-state index contributed by atoms with van der Waals surface area (Å²) in [5.74, 6) is 0. The number of hydrogen-bond acceptors (Lipinski definition) is 0. The van der Waals surface area contributed by atoms with Gasteiger partial charge in [-0.2, -0.15) is 0 Å². The van der Waals surface area contributed by atoms with Gasteiger partial charge in [-0.3, -0.25) is 0 Å². The fourth-order valence-corrected chi connectivity index (χ4v) is 3.01. The van der Waals surface area contributed by atoms with Crippen molar-refractivity contribution >= 4 is 8.80 Å². The third kappa shape index (κ3) is 3.05. The highest BCUT2D eigenvalue weighted by molar-refractivity contribution is 6.66. The molecule has 1 radical (unpaired) electrons. The lowest BCUT2D eigenvalue weighted by molar-refractivity contribution is -0.0411. The Morgan fingerprint density at radius 1 is 0.562 bits per heavy atom. The van der Waals surface area contributed by atoms with Gasteiger partial charge >= 0.3 is 8.80 Å². The lowest BCUT2D eigenvalue weighted by atomic mass is 10.7. The van der Waals surface area contributed by atoms with Gasteiger partial charge in [-0.15, -0.1) is 0 Å². The van der Waals surface area contributed by atoms with E-state index in [9.17, 15) is 39.5 Å². The van der Waals surface area contributed by atoms with Crippen molar-refractivity contribution in [2.75, 3.05) is 20.0 Å². The third-order valence-corrected chi connectivity index (χ3v) is 4.20. The lowest BCUT2D eigenvalue weighted by Gasteiger charge is -2.32. The second-order valence-electron chi connectivity index (χ2n) is 2.89. The van der Waals surface area contributed by atoms with Crippen LogP contribution in [0.4, 0.5) is 39.5 Å². The van der Waals surface area contributed by atoms with E-state index in [0.717, 1.165) is 0 Å². The molecule has 0 unspecified atom stereocenters. The Morgan fingerprint density at radius 2 is 0.750 bits per heavy atom. The minimum Gasteiger partial charge on any atom is -0.245 e. The molecule has 0 N–H and O–H groups in total. The molecule has 0 fully saturated rings. The average molecular weight is 277 g/mol. The molecule has 0 amide bonds. The highest BCUT2D eigenvalue weighted by Crippen LogP contribution is 2.39. The van der Waals surface area contributed by atoms with Crippen LogP contribution in [0, 0.1) is 0 Å². The number of rotatable bonds is 6. The molecule has 16 heavy (non-hydrogen) atoms. The molecule has 0 bridgehead atoms. The van der Waals surface area contributed by atoms with Crippen LogP contribution in [0.1, 0.15) is 0 Å². The summed E-state index contributed by atoms with van der Waals surface area (Å²) in [5.41, 5.74) is -15.3. The molecule has 0 spiro atoms. The first kappa shape index (κ1) is 15.6. The molecule has 0 aromatic heterocycles. The van der Waals surface area contributed by atoms with Gasteiger partial charge < -0.3 is 0 Å². The summed E-state index contributed by atoms with van der Waals surface area (Å²) in [4.78, 5) is 0. The highest BCUT2D eigenvalue weighted by Gasteiger charge is 2.69. The number of alkyl halides is 9. The minimum absolute atomic E-state index is 2.81. The zero-order valence-corrected chi connectivity index (χ0v) is 8.52. The van der Waals surface area contributed by atoms with E-state index in [2.05, 4.69) is 0 Å². The van der Waals surface area contributed by atoms with Crippen LogP contribution >= 0.6 is 0 Å². The highest BCUT2D eigenvalue weighted by atomic mass is 28.3. The quantitative estimate of drug-likeness (QED) is 0.517. The second-order valence-corrected chi connectivity index (χ2v) is 5.83. The first-order chi connectivity index (χ1) is 7.05. The summed E-state index contributed by atoms with van der Waals surface area (Å²) < 4.78 is 111. The average Bonchev–Trinajstić information content (AvgIpc) is 2.16. The Balaban J connectivity index is 5.40. The van der Waals surface area contributed by atoms with E-state index in [1.165, 1.54) is 0 Å². The van der Waals surface area contributed by atoms with Crippen LogP contribution < -0.4 is 0 Å². The molecule has 0 heterocycles. The molecule has 0 aromatic carbocycles. The van der Waals surface area contributed by atoms with Crippen molar-refractivity contribution in [2.45, 2.75) is 16.6 Å². The largest absolute Gasteiger partial charge is 0.322 e. The van der Waals surface area contributed by atoms with Gasteiger partial charge in [-0.05, 0) is 0 Å². The zero-order valence-electron chi connectivity index (χ0n) is 7.52. The normalized spacial score (nSPS) is 14.6. The van der Waals surface area contributed by atoms with Gasteiger partial charge in [0.15, 0.2) is 0 Å². The van der Waals surface area contributed by atoms with E-state index < -0.39 is 45.5 Å².